The van der Waals surface area contributed by atoms with E-state index in [2.05, 4.69) is 15.3 Å². The van der Waals surface area contributed by atoms with E-state index >= 15 is 0 Å². The predicted octanol–water partition coefficient (Wildman–Crippen LogP) is 3.12. The van der Waals surface area contributed by atoms with Gasteiger partial charge in [0.05, 0.1) is 6.10 Å². The highest BCUT2D eigenvalue weighted by atomic mass is 19.3. The summed E-state index contributed by atoms with van der Waals surface area (Å²) in [5.74, 6) is -1.60. The van der Waals surface area contributed by atoms with Crippen LogP contribution in [0.3, 0.4) is 0 Å². The second-order valence-electron chi connectivity index (χ2n) is 8.99. The van der Waals surface area contributed by atoms with Gasteiger partial charge >= 0.3 is 0 Å². The maximum atomic E-state index is 13.5. The van der Waals surface area contributed by atoms with Crippen LogP contribution in [0.25, 0.3) is 0 Å². The van der Waals surface area contributed by atoms with Gasteiger partial charge in [0.2, 0.25) is 5.92 Å². The summed E-state index contributed by atoms with van der Waals surface area (Å²) >= 11 is 0. The van der Waals surface area contributed by atoms with Crippen molar-refractivity contribution in [3.05, 3.63) is 54.1 Å². The molecule has 0 amide bonds. The normalized spacial score (nSPS) is 28.0. The highest BCUT2D eigenvalue weighted by Crippen LogP contribution is 2.38. The average Bonchev–Trinajstić information content (AvgIpc) is 3.08. The summed E-state index contributed by atoms with van der Waals surface area (Å²) in [7, 11) is 0. The van der Waals surface area contributed by atoms with E-state index in [-0.39, 0.29) is 50.0 Å². The maximum absolute atomic E-state index is 13.5. The fourth-order valence-corrected chi connectivity index (χ4v) is 4.98. The van der Waals surface area contributed by atoms with Crippen LogP contribution in [-0.4, -0.2) is 50.9 Å². The smallest absolute Gasteiger partial charge is 0.248 e. The fraction of sp³-hybridized carbons (Fsp3) is 0.583. The van der Waals surface area contributed by atoms with Crippen LogP contribution in [0, 0.1) is 11.8 Å². The van der Waals surface area contributed by atoms with Gasteiger partial charge in [-0.2, -0.15) is 0 Å². The summed E-state index contributed by atoms with van der Waals surface area (Å²) < 4.78 is 32.8. The van der Waals surface area contributed by atoms with Gasteiger partial charge in [-0.25, -0.2) is 18.7 Å². The van der Waals surface area contributed by atoms with E-state index in [1.54, 1.807) is 6.20 Å². The van der Waals surface area contributed by atoms with E-state index in [4.69, 9.17) is 4.74 Å². The van der Waals surface area contributed by atoms with E-state index < -0.39 is 12.0 Å². The van der Waals surface area contributed by atoms with Crippen LogP contribution in [0.15, 0.2) is 42.6 Å². The molecule has 1 aromatic heterocycles. The van der Waals surface area contributed by atoms with E-state index in [0.29, 0.717) is 31.5 Å². The van der Waals surface area contributed by atoms with Gasteiger partial charge in [-0.3, -0.25) is 0 Å². The quantitative estimate of drug-likeness (QED) is 0.576. The molecule has 2 aliphatic rings. The molecule has 4 atom stereocenters. The Balaban J connectivity index is 1.40. The summed E-state index contributed by atoms with van der Waals surface area (Å²) in [6, 6.07) is 11.2. The van der Waals surface area contributed by atoms with Gasteiger partial charge in [-0.15, -0.1) is 0 Å². The molecule has 4 rings (SSSR count). The number of aromatic nitrogens is 2. The molecule has 0 saturated heterocycles. The van der Waals surface area contributed by atoms with Crippen molar-refractivity contribution in [3.63, 3.8) is 0 Å². The zero-order valence-electron chi connectivity index (χ0n) is 18.0. The van der Waals surface area contributed by atoms with E-state index in [0.717, 1.165) is 11.4 Å². The highest BCUT2D eigenvalue weighted by Gasteiger charge is 2.44. The second kappa shape index (κ2) is 10.2. The summed E-state index contributed by atoms with van der Waals surface area (Å²) in [5, 5.41) is 23.9. The summed E-state index contributed by atoms with van der Waals surface area (Å²) in [5.41, 5.74) is 0.811. The summed E-state index contributed by atoms with van der Waals surface area (Å²) in [4.78, 5) is 8.91. The number of ether oxygens (including phenoxy) is 1. The number of halogens is 2. The first-order valence-electron chi connectivity index (χ1n) is 11.3. The summed E-state index contributed by atoms with van der Waals surface area (Å²) in [6.07, 6.45) is 2.75. The molecule has 3 N–H and O–H groups in total. The fourth-order valence-electron chi connectivity index (χ4n) is 4.98. The molecule has 0 spiro atoms. The monoisotopic (exact) mass is 447 g/mol. The number of aliphatic hydroxyl groups excluding tert-OH is 2. The Kier molecular flexibility index (Phi) is 7.33. The number of hydrogen-bond acceptors (Lipinski definition) is 6. The number of nitrogens with one attached hydrogen (secondary N) is 1. The molecule has 2 aromatic rings. The first-order chi connectivity index (χ1) is 15.4. The van der Waals surface area contributed by atoms with Crippen molar-refractivity contribution >= 4 is 0 Å². The Labute approximate surface area is 187 Å². The lowest BCUT2D eigenvalue weighted by atomic mass is 9.87. The first kappa shape index (κ1) is 23.0. The van der Waals surface area contributed by atoms with Gasteiger partial charge in [-0.05, 0) is 49.8 Å². The first-order valence-corrected chi connectivity index (χ1v) is 11.3. The highest BCUT2D eigenvalue weighted by molar-refractivity contribution is 5.21. The third-order valence-corrected chi connectivity index (χ3v) is 6.75. The second-order valence-corrected chi connectivity index (χ2v) is 8.99. The average molecular weight is 448 g/mol. The number of para-hydroxylation sites is 1. The topological polar surface area (TPSA) is 87.5 Å². The molecule has 1 heterocycles. The third-order valence-electron chi connectivity index (χ3n) is 6.75. The van der Waals surface area contributed by atoms with Crippen LogP contribution in [0.5, 0.6) is 5.75 Å². The number of nitrogens with zero attached hydrogens (tertiary/aromatic N) is 2. The minimum atomic E-state index is -2.57. The Morgan fingerprint density at radius 3 is 2.56 bits per heavy atom. The molecule has 2 saturated carbocycles. The van der Waals surface area contributed by atoms with Crippen molar-refractivity contribution in [1.29, 1.82) is 0 Å². The molecule has 0 bridgehead atoms. The Bertz CT molecular complexity index is 861. The van der Waals surface area contributed by atoms with Crippen LogP contribution in [0.2, 0.25) is 0 Å². The molecule has 0 radical (unpaired) electrons. The van der Waals surface area contributed by atoms with Crippen molar-refractivity contribution < 1.29 is 23.7 Å². The van der Waals surface area contributed by atoms with Crippen LogP contribution < -0.4 is 10.1 Å². The van der Waals surface area contributed by atoms with Crippen molar-refractivity contribution in [2.45, 2.75) is 69.2 Å². The predicted molar refractivity (Wildman–Crippen MR) is 115 cm³/mol. The molecule has 1 aromatic carbocycles. The molecular weight excluding hydrogens is 416 g/mol. The zero-order valence-corrected chi connectivity index (χ0v) is 18.0. The van der Waals surface area contributed by atoms with Crippen molar-refractivity contribution in [1.82, 2.24) is 15.3 Å². The molecule has 0 aliphatic heterocycles. The molecular formula is C24H31F2N3O3. The number of aliphatic hydroxyl groups is 2. The van der Waals surface area contributed by atoms with Crippen molar-refractivity contribution in [2.75, 3.05) is 6.61 Å². The lowest BCUT2D eigenvalue weighted by molar-refractivity contribution is -0.0417. The molecule has 6 nitrogen and oxygen atoms in total. The summed E-state index contributed by atoms with van der Waals surface area (Å²) in [6.45, 7) is 0.119. The minimum Gasteiger partial charge on any atom is -0.486 e. The zero-order chi connectivity index (χ0) is 22.6. The van der Waals surface area contributed by atoms with E-state index in [1.807, 2.05) is 36.4 Å². The molecule has 174 valence electrons. The number of hydrogen-bond donors (Lipinski definition) is 3. The van der Waals surface area contributed by atoms with Crippen LogP contribution in [0.1, 0.15) is 43.6 Å². The van der Waals surface area contributed by atoms with Crippen LogP contribution in [0.4, 0.5) is 8.78 Å². The molecule has 32 heavy (non-hydrogen) atoms. The number of rotatable bonds is 8. The number of benzene rings is 1. The van der Waals surface area contributed by atoms with Gasteiger partial charge in [0.15, 0.2) is 5.82 Å². The Hall–Kier alpha value is -2.16. The molecule has 2 aliphatic carbocycles. The molecule has 8 heteroatoms. The Morgan fingerprint density at radius 1 is 1.09 bits per heavy atom. The van der Waals surface area contributed by atoms with Gasteiger partial charge in [-0.1, -0.05) is 18.2 Å². The van der Waals surface area contributed by atoms with Gasteiger partial charge in [0, 0.05) is 49.3 Å². The third kappa shape index (κ3) is 5.79. The lowest BCUT2D eigenvalue weighted by Gasteiger charge is -2.33. The molecule has 0 unspecified atom stereocenters. The minimum absolute atomic E-state index is 0.00648. The van der Waals surface area contributed by atoms with Gasteiger partial charge in [0.1, 0.15) is 12.4 Å². The van der Waals surface area contributed by atoms with Gasteiger partial charge < -0.3 is 20.3 Å². The van der Waals surface area contributed by atoms with Gasteiger partial charge in [0.25, 0.3) is 0 Å². The lowest BCUT2D eigenvalue weighted by Crippen LogP contribution is -2.45. The largest absolute Gasteiger partial charge is 0.486 e. The van der Waals surface area contributed by atoms with Crippen molar-refractivity contribution in [3.8, 4) is 5.75 Å². The SMILES string of the molecule is OC[C@@H]1[C@@H](Cc2ccnc(COc3ccccc3)n2)[C@H](NC2CCC(F)(F)CC2)C[C@H]1O. The number of alkyl halides is 2. The maximum Gasteiger partial charge on any atom is 0.248 e. The van der Waals surface area contributed by atoms with E-state index in [9.17, 15) is 19.0 Å². The standard InChI is InChI=1S/C24H31F2N3O3/c25-24(26)9-6-16(7-10-24)28-21-13-22(31)20(14-30)19(21)12-17-8-11-27-23(29-17)15-32-18-4-2-1-3-5-18/h1-5,8,11,16,19-22,28,30-31H,6-7,9-10,12-15H2/t19-,20-,21-,22-/m1/s1. The molecule has 2 fully saturated rings. The van der Waals surface area contributed by atoms with Crippen LogP contribution >= 0.6 is 0 Å². The Morgan fingerprint density at radius 2 is 1.84 bits per heavy atom. The van der Waals surface area contributed by atoms with Crippen LogP contribution in [-0.2, 0) is 13.0 Å². The van der Waals surface area contributed by atoms with Crippen molar-refractivity contribution in [2.24, 2.45) is 11.8 Å². The van der Waals surface area contributed by atoms with E-state index in [1.165, 1.54) is 0 Å².